The molecule has 0 spiro atoms. The van der Waals surface area contributed by atoms with E-state index in [1.54, 1.807) is 7.11 Å². The fourth-order valence-corrected chi connectivity index (χ4v) is 4.93. The van der Waals surface area contributed by atoms with E-state index < -0.39 is 22.8 Å². The van der Waals surface area contributed by atoms with Crippen LogP contribution in [0, 0.1) is 11.3 Å². The van der Waals surface area contributed by atoms with E-state index in [2.05, 4.69) is 5.32 Å². The van der Waals surface area contributed by atoms with Crippen LogP contribution in [0.15, 0.2) is 24.3 Å². The van der Waals surface area contributed by atoms with Crippen molar-refractivity contribution in [1.82, 2.24) is 5.32 Å². The summed E-state index contributed by atoms with van der Waals surface area (Å²) in [5.74, 6) is -1.58. The average Bonchev–Trinajstić information content (AvgIpc) is 3.30. The number of aliphatic hydroxyl groups excluding tert-OH is 1. The van der Waals surface area contributed by atoms with Crippen molar-refractivity contribution in [1.29, 1.82) is 0 Å². The van der Waals surface area contributed by atoms with Gasteiger partial charge >= 0.3 is 5.97 Å². The molecule has 3 rings (SSSR count). The number of methoxy groups -OCH3 is 1. The topological polar surface area (TPSA) is 95.9 Å². The second-order valence-corrected chi connectivity index (χ2v) is 8.52. The van der Waals surface area contributed by atoms with Gasteiger partial charge in [0.05, 0.1) is 23.5 Å². The van der Waals surface area contributed by atoms with E-state index in [0.29, 0.717) is 45.1 Å². The Bertz CT molecular complexity index is 686. The first kappa shape index (κ1) is 20.8. The SMILES string of the molecule is COCC[C@@H](CC1(C(=O)NC2(CO)Cc3ccccc3C2)CCCC1)C(=O)O. The van der Waals surface area contributed by atoms with Crippen molar-refractivity contribution < 1.29 is 24.5 Å². The molecule has 1 saturated carbocycles. The summed E-state index contributed by atoms with van der Waals surface area (Å²) in [5.41, 5.74) is 0.941. The monoisotopic (exact) mass is 389 g/mol. The van der Waals surface area contributed by atoms with Crippen LogP contribution in [0.1, 0.15) is 49.7 Å². The number of aliphatic carboxylic acids is 1. The Balaban J connectivity index is 1.76. The number of nitrogens with one attached hydrogen (secondary N) is 1. The number of carboxylic acids is 1. The molecule has 3 N–H and O–H groups in total. The summed E-state index contributed by atoms with van der Waals surface area (Å²) in [6, 6.07) is 8.02. The van der Waals surface area contributed by atoms with Gasteiger partial charge in [0.15, 0.2) is 0 Å². The van der Waals surface area contributed by atoms with Gasteiger partial charge in [0, 0.05) is 13.7 Å². The summed E-state index contributed by atoms with van der Waals surface area (Å²) in [6.45, 7) is 0.236. The van der Waals surface area contributed by atoms with Gasteiger partial charge in [0.1, 0.15) is 0 Å². The maximum atomic E-state index is 13.4. The van der Waals surface area contributed by atoms with Crippen LogP contribution < -0.4 is 5.32 Å². The highest BCUT2D eigenvalue weighted by Crippen LogP contribution is 2.45. The van der Waals surface area contributed by atoms with E-state index in [1.807, 2.05) is 24.3 Å². The van der Waals surface area contributed by atoms with Gasteiger partial charge in [-0.15, -0.1) is 0 Å². The lowest BCUT2D eigenvalue weighted by Gasteiger charge is -2.36. The summed E-state index contributed by atoms with van der Waals surface area (Å²) in [4.78, 5) is 25.2. The molecule has 0 unspecified atom stereocenters. The minimum Gasteiger partial charge on any atom is -0.481 e. The predicted molar refractivity (Wildman–Crippen MR) is 105 cm³/mol. The number of carboxylic acid groups (broad SMARTS) is 1. The third kappa shape index (κ3) is 4.23. The number of aliphatic hydroxyl groups is 1. The molecule has 6 heteroatoms. The Morgan fingerprint density at radius 1 is 1.18 bits per heavy atom. The molecular formula is C22H31NO5. The normalized spacial score (nSPS) is 20.5. The first-order valence-corrected chi connectivity index (χ1v) is 10.2. The summed E-state index contributed by atoms with van der Waals surface area (Å²) < 4.78 is 5.06. The van der Waals surface area contributed by atoms with Crippen LogP contribution in [0.4, 0.5) is 0 Å². The number of benzene rings is 1. The molecule has 1 amide bonds. The molecular weight excluding hydrogens is 358 g/mol. The molecule has 2 aliphatic carbocycles. The van der Waals surface area contributed by atoms with Gasteiger partial charge in [0.25, 0.3) is 0 Å². The number of hydrogen-bond acceptors (Lipinski definition) is 4. The molecule has 0 radical (unpaired) electrons. The number of fused-ring (bicyclic) bond motifs is 1. The lowest BCUT2D eigenvalue weighted by Crippen LogP contribution is -2.56. The van der Waals surface area contributed by atoms with Crippen LogP contribution in [0.2, 0.25) is 0 Å². The number of rotatable bonds is 9. The Kier molecular flexibility index (Phi) is 6.40. The molecule has 1 atom stereocenters. The maximum Gasteiger partial charge on any atom is 0.306 e. The second kappa shape index (κ2) is 8.62. The summed E-state index contributed by atoms with van der Waals surface area (Å²) in [6.07, 6.45) is 5.19. The molecule has 0 aliphatic heterocycles. The van der Waals surface area contributed by atoms with Crippen LogP contribution in [-0.2, 0) is 27.2 Å². The largest absolute Gasteiger partial charge is 0.481 e. The van der Waals surface area contributed by atoms with E-state index in [4.69, 9.17) is 4.74 Å². The Morgan fingerprint density at radius 2 is 1.79 bits per heavy atom. The van der Waals surface area contributed by atoms with Gasteiger partial charge in [0.2, 0.25) is 5.91 Å². The first-order chi connectivity index (χ1) is 13.4. The fourth-order valence-electron chi connectivity index (χ4n) is 4.93. The van der Waals surface area contributed by atoms with Crippen molar-refractivity contribution in [2.24, 2.45) is 11.3 Å². The number of carbonyl (C=O) groups excluding carboxylic acids is 1. The minimum atomic E-state index is -0.874. The van der Waals surface area contributed by atoms with Gasteiger partial charge in [-0.1, -0.05) is 37.1 Å². The number of hydrogen-bond donors (Lipinski definition) is 3. The second-order valence-electron chi connectivity index (χ2n) is 8.52. The molecule has 1 aromatic carbocycles. The van der Waals surface area contributed by atoms with Crippen molar-refractivity contribution in [3.63, 3.8) is 0 Å². The molecule has 0 aromatic heterocycles. The molecule has 2 aliphatic rings. The van der Waals surface area contributed by atoms with Crippen LogP contribution in [0.5, 0.6) is 0 Å². The van der Waals surface area contributed by atoms with Gasteiger partial charge in [-0.25, -0.2) is 0 Å². The number of amides is 1. The lowest BCUT2D eigenvalue weighted by atomic mass is 9.75. The van der Waals surface area contributed by atoms with E-state index in [-0.39, 0.29) is 12.5 Å². The standard InChI is InChI=1S/C22H31NO5/c1-28-11-8-18(19(25)26)12-21(9-4-5-10-21)20(27)23-22(15-24)13-16-6-2-3-7-17(16)14-22/h2-3,6-7,18,24H,4-5,8-15H2,1H3,(H,23,27)(H,25,26)/t18-/m0/s1. The third-order valence-electron chi connectivity index (χ3n) is 6.56. The molecule has 6 nitrogen and oxygen atoms in total. The smallest absolute Gasteiger partial charge is 0.306 e. The van der Waals surface area contributed by atoms with Crippen molar-refractivity contribution in [2.45, 2.75) is 56.9 Å². The third-order valence-corrected chi connectivity index (χ3v) is 6.56. The highest BCUT2D eigenvalue weighted by atomic mass is 16.5. The molecule has 1 aromatic rings. The van der Waals surface area contributed by atoms with Crippen LogP contribution >= 0.6 is 0 Å². The zero-order chi connectivity index (χ0) is 20.2. The van der Waals surface area contributed by atoms with Gasteiger partial charge in [-0.3, -0.25) is 9.59 Å². The van der Waals surface area contributed by atoms with E-state index >= 15 is 0 Å². The Morgan fingerprint density at radius 3 is 2.29 bits per heavy atom. The fraction of sp³-hybridized carbons (Fsp3) is 0.636. The number of ether oxygens (including phenoxy) is 1. The zero-order valence-corrected chi connectivity index (χ0v) is 16.6. The van der Waals surface area contributed by atoms with Crippen LogP contribution in [0.3, 0.4) is 0 Å². The molecule has 1 fully saturated rings. The van der Waals surface area contributed by atoms with Gasteiger partial charge < -0.3 is 20.3 Å². The van der Waals surface area contributed by atoms with Crippen molar-refractivity contribution in [2.75, 3.05) is 20.3 Å². The van der Waals surface area contributed by atoms with E-state index in [0.717, 1.165) is 24.0 Å². The molecule has 0 bridgehead atoms. The van der Waals surface area contributed by atoms with Crippen molar-refractivity contribution in [3.05, 3.63) is 35.4 Å². The Labute approximate surface area is 166 Å². The summed E-state index contributed by atoms with van der Waals surface area (Å²) in [7, 11) is 1.56. The average molecular weight is 389 g/mol. The minimum absolute atomic E-state index is 0.101. The number of carbonyl (C=O) groups is 2. The highest BCUT2D eigenvalue weighted by molar-refractivity contribution is 5.85. The molecule has 154 valence electrons. The van der Waals surface area contributed by atoms with Crippen LogP contribution in [-0.4, -0.2) is 48.0 Å². The van der Waals surface area contributed by atoms with Crippen molar-refractivity contribution >= 4 is 11.9 Å². The van der Waals surface area contributed by atoms with Gasteiger partial charge in [-0.2, -0.15) is 0 Å². The van der Waals surface area contributed by atoms with Crippen molar-refractivity contribution in [3.8, 4) is 0 Å². The molecule has 0 heterocycles. The van der Waals surface area contributed by atoms with Crippen LogP contribution in [0.25, 0.3) is 0 Å². The van der Waals surface area contributed by atoms with E-state index in [1.165, 1.54) is 0 Å². The van der Waals surface area contributed by atoms with E-state index in [9.17, 15) is 19.8 Å². The highest BCUT2D eigenvalue weighted by Gasteiger charge is 2.47. The Hall–Kier alpha value is -1.92. The molecule has 28 heavy (non-hydrogen) atoms. The lowest BCUT2D eigenvalue weighted by molar-refractivity contribution is -0.145. The summed E-state index contributed by atoms with van der Waals surface area (Å²) >= 11 is 0. The molecule has 0 saturated heterocycles. The van der Waals surface area contributed by atoms with Gasteiger partial charge in [-0.05, 0) is 49.7 Å². The quantitative estimate of drug-likeness (QED) is 0.602. The predicted octanol–water partition coefficient (Wildman–Crippen LogP) is 2.32. The summed E-state index contributed by atoms with van der Waals surface area (Å²) in [5, 5.41) is 22.9. The first-order valence-electron chi connectivity index (χ1n) is 10.2. The maximum absolute atomic E-state index is 13.4. The zero-order valence-electron chi connectivity index (χ0n) is 16.6.